The lowest BCUT2D eigenvalue weighted by Gasteiger charge is -2.13. The van der Waals surface area contributed by atoms with Gasteiger partial charge < -0.3 is 15.1 Å². The number of aryl methyl sites for hydroxylation is 1. The van der Waals surface area contributed by atoms with Crippen LogP contribution in [0.15, 0.2) is 16.7 Å². The van der Waals surface area contributed by atoms with Crippen LogP contribution in [0.25, 0.3) is 0 Å². The van der Waals surface area contributed by atoms with E-state index in [4.69, 9.17) is 4.42 Å². The molecule has 2 N–H and O–H groups in total. The van der Waals surface area contributed by atoms with Crippen molar-refractivity contribution < 1.29 is 4.42 Å². The van der Waals surface area contributed by atoms with E-state index >= 15 is 0 Å². The molecule has 3 nitrogen and oxygen atoms in total. The third-order valence-electron chi connectivity index (χ3n) is 2.31. The standard InChI is InChI=1S/C11H20N2O/c1-4-12-7-9(2)13-8-11-5-6-14-10(11)3/h5-6,9,12-13H,4,7-8H2,1-3H3. The Morgan fingerprint density at radius 1 is 1.50 bits per heavy atom. The van der Waals surface area contributed by atoms with Crippen molar-refractivity contribution in [2.75, 3.05) is 13.1 Å². The molecule has 0 bridgehead atoms. The molecule has 0 saturated carbocycles. The fourth-order valence-electron chi connectivity index (χ4n) is 1.31. The third-order valence-corrected chi connectivity index (χ3v) is 2.31. The van der Waals surface area contributed by atoms with Crippen LogP contribution in [0.3, 0.4) is 0 Å². The first-order valence-corrected chi connectivity index (χ1v) is 5.21. The molecule has 14 heavy (non-hydrogen) atoms. The second-order valence-electron chi connectivity index (χ2n) is 3.59. The van der Waals surface area contributed by atoms with E-state index in [0.717, 1.165) is 25.4 Å². The number of nitrogens with one attached hydrogen (secondary N) is 2. The van der Waals surface area contributed by atoms with Crippen molar-refractivity contribution in [3.63, 3.8) is 0 Å². The second kappa shape index (κ2) is 5.83. The van der Waals surface area contributed by atoms with Gasteiger partial charge in [0.1, 0.15) is 5.76 Å². The lowest BCUT2D eigenvalue weighted by molar-refractivity contribution is 0.496. The minimum atomic E-state index is 0.490. The molecule has 0 aliphatic rings. The van der Waals surface area contributed by atoms with Gasteiger partial charge in [0.05, 0.1) is 6.26 Å². The summed E-state index contributed by atoms with van der Waals surface area (Å²) in [6.07, 6.45) is 1.74. The van der Waals surface area contributed by atoms with Crippen LogP contribution in [0, 0.1) is 6.92 Å². The van der Waals surface area contributed by atoms with E-state index in [1.165, 1.54) is 5.56 Å². The summed E-state index contributed by atoms with van der Waals surface area (Å²) in [5, 5.41) is 6.74. The van der Waals surface area contributed by atoms with Crippen LogP contribution in [-0.2, 0) is 6.54 Å². The first-order valence-electron chi connectivity index (χ1n) is 5.21. The molecule has 1 heterocycles. The van der Waals surface area contributed by atoms with Gasteiger partial charge in [-0.2, -0.15) is 0 Å². The van der Waals surface area contributed by atoms with E-state index in [1.807, 2.05) is 13.0 Å². The Labute approximate surface area is 85.9 Å². The van der Waals surface area contributed by atoms with Crippen LogP contribution in [0.2, 0.25) is 0 Å². The summed E-state index contributed by atoms with van der Waals surface area (Å²) in [4.78, 5) is 0. The predicted molar refractivity (Wildman–Crippen MR) is 58.3 cm³/mol. The van der Waals surface area contributed by atoms with E-state index in [-0.39, 0.29) is 0 Å². The van der Waals surface area contributed by atoms with E-state index in [1.54, 1.807) is 6.26 Å². The zero-order valence-electron chi connectivity index (χ0n) is 9.26. The van der Waals surface area contributed by atoms with Gasteiger partial charge >= 0.3 is 0 Å². The van der Waals surface area contributed by atoms with Gasteiger partial charge in [-0.3, -0.25) is 0 Å². The van der Waals surface area contributed by atoms with Gasteiger partial charge in [-0.25, -0.2) is 0 Å². The lowest BCUT2D eigenvalue weighted by atomic mass is 10.2. The van der Waals surface area contributed by atoms with Gasteiger partial charge in [-0.1, -0.05) is 6.92 Å². The van der Waals surface area contributed by atoms with Gasteiger partial charge in [0.15, 0.2) is 0 Å². The third kappa shape index (κ3) is 3.52. The van der Waals surface area contributed by atoms with E-state index < -0.39 is 0 Å². The van der Waals surface area contributed by atoms with Crippen molar-refractivity contribution in [2.45, 2.75) is 33.4 Å². The van der Waals surface area contributed by atoms with Crippen molar-refractivity contribution in [1.82, 2.24) is 10.6 Å². The molecule has 1 aromatic rings. The topological polar surface area (TPSA) is 37.2 Å². The first-order chi connectivity index (χ1) is 6.74. The summed E-state index contributed by atoms with van der Waals surface area (Å²) >= 11 is 0. The molecule has 0 fully saturated rings. The maximum absolute atomic E-state index is 5.22. The smallest absolute Gasteiger partial charge is 0.105 e. The predicted octanol–water partition coefficient (Wildman–Crippen LogP) is 1.68. The Hall–Kier alpha value is -0.800. The average Bonchev–Trinajstić information content (AvgIpc) is 2.58. The van der Waals surface area contributed by atoms with E-state index in [0.29, 0.717) is 6.04 Å². The summed E-state index contributed by atoms with van der Waals surface area (Å²) in [5.41, 5.74) is 1.24. The van der Waals surface area contributed by atoms with Gasteiger partial charge in [0.2, 0.25) is 0 Å². The summed E-state index contributed by atoms with van der Waals surface area (Å²) in [5.74, 6) is 1.01. The van der Waals surface area contributed by atoms with Crippen LogP contribution in [-0.4, -0.2) is 19.1 Å². The highest BCUT2D eigenvalue weighted by atomic mass is 16.3. The summed E-state index contributed by atoms with van der Waals surface area (Å²) in [7, 11) is 0. The minimum Gasteiger partial charge on any atom is -0.469 e. The Kier molecular flexibility index (Phi) is 4.70. The summed E-state index contributed by atoms with van der Waals surface area (Å²) < 4.78 is 5.22. The molecule has 3 heteroatoms. The van der Waals surface area contributed by atoms with Crippen molar-refractivity contribution in [2.24, 2.45) is 0 Å². The number of rotatable bonds is 6. The molecule has 0 saturated heterocycles. The molecule has 0 spiro atoms. The monoisotopic (exact) mass is 196 g/mol. The highest BCUT2D eigenvalue weighted by Gasteiger charge is 2.03. The molecular formula is C11H20N2O. The molecule has 0 amide bonds. The SMILES string of the molecule is CCNCC(C)NCc1ccoc1C. The lowest BCUT2D eigenvalue weighted by Crippen LogP contribution is -2.35. The molecule has 1 atom stereocenters. The van der Waals surface area contributed by atoms with Crippen LogP contribution in [0.5, 0.6) is 0 Å². The quantitative estimate of drug-likeness (QED) is 0.727. The average molecular weight is 196 g/mol. The summed E-state index contributed by atoms with van der Waals surface area (Å²) in [6.45, 7) is 9.20. The Bertz CT molecular complexity index is 258. The van der Waals surface area contributed by atoms with Crippen LogP contribution in [0.1, 0.15) is 25.2 Å². The largest absolute Gasteiger partial charge is 0.469 e. The van der Waals surface area contributed by atoms with Crippen molar-refractivity contribution >= 4 is 0 Å². The van der Waals surface area contributed by atoms with Crippen molar-refractivity contribution in [3.05, 3.63) is 23.7 Å². The number of hydrogen-bond donors (Lipinski definition) is 2. The number of furan rings is 1. The normalized spacial score (nSPS) is 13.1. The summed E-state index contributed by atoms with van der Waals surface area (Å²) in [6, 6.07) is 2.51. The zero-order valence-corrected chi connectivity index (χ0v) is 9.26. The maximum Gasteiger partial charge on any atom is 0.105 e. The molecule has 80 valence electrons. The molecule has 1 aromatic heterocycles. The fourth-order valence-corrected chi connectivity index (χ4v) is 1.31. The minimum absolute atomic E-state index is 0.490. The molecule has 0 radical (unpaired) electrons. The molecule has 1 rings (SSSR count). The van der Waals surface area contributed by atoms with Gasteiger partial charge in [0.25, 0.3) is 0 Å². The Balaban J connectivity index is 2.23. The fraction of sp³-hybridized carbons (Fsp3) is 0.636. The van der Waals surface area contributed by atoms with Crippen molar-refractivity contribution in [3.8, 4) is 0 Å². The maximum atomic E-state index is 5.22. The molecule has 1 unspecified atom stereocenters. The van der Waals surface area contributed by atoms with Crippen molar-refractivity contribution in [1.29, 1.82) is 0 Å². The zero-order chi connectivity index (χ0) is 10.4. The van der Waals surface area contributed by atoms with Gasteiger partial charge in [-0.15, -0.1) is 0 Å². The Morgan fingerprint density at radius 3 is 2.86 bits per heavy atom. The van der Waals surface area contributed by atoms with Crippen LogP contribution >= 0.6 is 0 Å². The molecule has 0 aliphatic carbocycles. The highest BCUT2D eigenvalue weighted by molar-refractivity contribution is 5.14. The van der Waals surface area contributed by atoms with Crippen LogP contribution < -0.4 is 10.6 Å². The second-order valence-corrected chi connectivity index (χ2v) is 3.59. The van der Waals surface area contributed by atoms with E-state index in [9.17, 15) is 0 Å². The van der Waals surface area contributed by atoms with Crippen LogP contribution in [0.4, 0.5) is 0 Å². The number of likely N-dealkylation sites (N-methyl/N-ethyl adjacent to an activating group) is 1. The molecule has 0 aliphatic heterocycles. The first kappa shape index (κ1) is 11.3. The Morgan fingerprint density at radius 2 is 2.29 bits per heavy atom. The molecular weight excluding hydrogens is 176 g/mol. The van der Waals surface area contributed by atoms with Gasteiger partial charge in [-0.05, 0) is 26.5 Å². The highest BCUT2D eigenvalue weighted by Crippen LogP contribution is 2.07. The number of hydrogen-bond acceptors (Lipinski definition) is 3. The van der Waals surface area contributed by atoms with Gasteiger partial charge in [0, 0.05) is 24.7 Å². The molecule has 0 aromatic carbocycles. The van der Waals surface area contributed by atoms with E-state index in [2.05, 4.69) is 24.5 Å².